The van der Waals surface area contributed by atoms with Crippen LogP contribution in [0.4, 0.5) is 0 Å². The molecule has 4 aromatic rings. The van der Waals surface area contributed by atoms with Gasteiger partial charge in [0.25, 0.3) is 5.91 Å². The molecule has 146 valence electrons. The normalized spacial score (nSPS) is 14.0. The molecule has 5 rings (SSSR count). The minimum atomic E-state index is -0.0820. The molecule has 3 heterocycles. The molecule has 1 N–H and O–H groups in total. The zero-order chi connectivity index (χ0) is 19.8. The van der Waals surface area contributed by atoms with Gasteiger partial charge >= 0.3 is 0 Å². The van der Waals surface area contributed by atoms with Gasteiger partial charge in [-0.1, -0.05) is 23.7 Å². The van der Waals surface area contributed by atoms with Gasteiger partial charge in [0.05, 0.1) is 46.6 Å². The number of hydrogen-bond acceptors (Lipinski definition) is 5. The van der Waals surface area contributed by atoms with Gasteiger partial charge in [0.15, 0.2) is 0 Å². The highest BCUT2D eigenvalue weighted by atomic mass is 35.5. The number of hydrogen-bond donors (Lipinski definition) is 1. The van der Waals surface area contributed by atoms with Crippen molar-refractivity contribution in [2.75, 3.05) is 13.2 Å². The third kappa shape index (κ3) is 3.60. The summed E-state index contributed by atoms with van der Waals surface area (Å²) in [6.45, 7) is 1.15. The van der Waals surface area contributed by atoms with Gasteiger partial charge in [-0.25, -0.2) is 4.68 Å². The number of rotatable bonds is 5. The summed E-state index contributed by atoms with van der Waals surface area (Å²) >= 11 is 7.56. The molecule has 0 spiro atoms. The van der Waals surface area contributed by atoms with Crippen LogP contribution in [0.25, 0.3) is 16.6 Å². The Balaban J connectivity index is 1.39. The second-order valence-electron chi connectivity index (χ2n) is 6.69. The molecule has 0 atom stereocenters. The molecule has 0 saturated carbocycles. The summed E-state index contributed by atoms with van der Waals surface area (Å²) in [6.07, 6.45) is 1.78. The van der Waals surface area contributed by atoms with Gasteiger partial charge in [0, 0.05) is 10.8 Å². The fourth-order valence-corrected chi connectivity index (χ4v) is 4.01. The van der Waals surface area contributed by atoms with E-state index in [0.29, 0.717) is 34.6 Å². The number of fused-ring (bicyclic) bond motifs is 1. The van der Waals surface area contributed by atoms with Gasteiger partial charge in [-0.2, -0.15) is 5.10 Å². The van der Waals surface area contributed by atoms with Crippen LogP contribution in [-0.4, -0.2) is 34.9 Å². The molecule has 1 saturated heterocycles. The van der Waals surface area contributed by atoms with Crippen molar-refractivity contribution in [2.24, 2.45) is 0 Å². The van der Waals surface area contributed by atoms with Crippen LogP contribution in [0, 0.1) is 0 Å². The quantitative estimate of drug-likeness (QED) is 0.505. The van der Waals surface area contributed by atoms with Crippen LogP contribution in [-0.2, 0) is 4.74 Å². The number of ether oxygens (including phenoxy) is 2. The number of benzene rings is 2. The standard InChI is InChI=1S/C21H16ClN3O3S/c22-17-3-1-2-4-19(17)28-16-5-6-18-13(7-16)9-23-25(18)15-8-20(29-12-15)21(26)24-14-10-27-11-14/h1-9,12,14H,10-11H2,(H,24,26). The number of carbonyl (C=O) groups is 1. The Morgan fingerprint density at radius 1 is 1.24 bits per heavy atom. The summed E-state index contributed by atoms with van der Waals surface area (Å²) in [4.78, 5) is 13.0. The van der Waals surface area contributed by atoms with Gasteiger partial charge in [-0.15, -0.1) is 11.3 Å². The van der Waals surface area contributed by atoms with Crippen LogP contribution in [0.15, 0.2) is 60.1 Å². The summed E-state index contributed by atoms with van der Waals surface area (Å²) in [5.74, 6) is 1.20. The van der Waals surface area contributed by atoms with E-state index in [-0.39, 0.29) is 11.9 Å². The van der Waals surface area contributed by atoms with Crippen molar-refractivity contribution in [3.05, 3.63) is 70.0 Å². The van der Waals surface area contributed by atoms with Crippen molar-refractivity contribution < 1.29 is 14.3 Å². The Hall–Kier alpha value is -2.87. The van der Waals surface area contributed by atoms with E-state index in [1.54, 1.807) is 12.3 Å². The maximum absolute atomic E-state index is 12.3. The Morgan fingerprint density at radius 3 is 2.90 bits per heavy atom. The molecule has 2 aromatic heterocycles. The monoisotopic (exact) mass is 425 g/mol. The third-order valence-corrected chi connectivity index (χ3v) is 5.86. The second-order valence-corrected chi connectivity index (χ2v) is 8.00. The first kappa shape index (κ1) is 18.2. The van der Waals surface area contributed by atoms with Crippen LogP contribution >= 0.6 is 22.9 Å². The molecule has 1 aliphatic heterocycles. The zero-order valence-corrected chi connectivity index (χ0v) is 16.7. The van der Waals surface area contributed by atoms with Crippen molar-refractivity contribution >= 4 is 39.7 Å². The Kier molecular flexibility index (Phi) is 4.71. The highest BCUT2D eigenvalue weighted by molar-refractivity contribution is 7.12. The predicted molar refractivity (Wildman–Crippen MR) is 113 cm³/mol. The Morgan fingerprint density at radius 2 is 2.10 bits per heavy atom. The number of nitrogens with one attached hydrogen (secondary N) is 1. The average molecular weight is 426 g/mol. The van der Waals surface area contributed by atoms with Gasteiger partial charge in [-0.05, 0) is 36.4 Å². The van der Waals surface area contributed by atoms with Crippen LogP contribution in [0.2, 0.25) is 5.02 Å². The molecule has 1 amide bonds. The third-order valence-electron chi connectivity index (χ3n) is 4.63. The van der Waals surface area contributed by atoms with Crippen LogP contribution in [0.3, 0.4) is 0 Å². The minimum absolute atomic E-state index is 0.0820. The molecule has 1 fully saturated rings. The molecule has 2 aromatic carbocycles. The summed E-state index contributed by atoms with van der Waals surface area (Å²) in [5.41, 5.74) is 1.77. The summed E-state index contributed by atoms with van der Waals surface area (Å²) in [6, 6.07) is 15.0. The number of carbonyl (C=O) groups excluding carboxylic acids is 1. The van der Waals surface area contributed by atoms with Crippen LogP contribution < -0.4 is 10.1 Å². The number of nitrogens with zero attached hydrogens (tertiary/aromatic N) is 2. The molecule has 1 aliphatic rings. The molecule has 8 heteroatoms. The Bertz CT molecular complexity index is 1200. The fourth-order valence-electron chi connectivity index (χ4n) is 3.07. The summed E-state index contributed by atoms with van der Waals surface area (Å²) in [7, 11) is 0. The van der Waals surface area contributed by atoms with E-state index in [2.05, 4.69) is 10.4 Å². The highest BCUT2D eigenvalue weighted by Crippen LogP contribution is 2.31. The van der Waals surface area contributed by atoms with Crippen molar-refractivity contribution in [1.29, 1.82) is 0 Å². The van der Waals surface area contributed by atoms with Crippen molar-refractivity contribution in [3.8, 4) is 17.2 Å². The SMILES string of the molecule is O=C(NC1COC1)c1cc(-n2ncc3cc(Oc4ccccc4Cl)ccc32)cs1. The van der Waals surface area contributed by atoms with Gasteiger partial charge in [0.2, 0.25) is 0 Å². The lowest BCUT2D eigenvalue weighted by atomic mass is 10.2. The largest absolute Gasteiger partial charge is 0.456 e. The van der Waals surface area contributed by atoms with E-state index in [1.165, 1.54) is 11.3 Å². The van der Waals surface area contributed by atoms with E-state index in [0.717, 1.165) is 16.6 Å². The van der Waals surface area contributed by atoms with Gasteiger partial charge < -0.3 is 14.8 Å². The van der Waals surface area contributed by atoms with Crippen LogP contribution in [0.5, 0.6) is 11.5 Å². The average Bonchev–Trinajstić information content (AvgIpc) is 3.33. The lowest BCUT2D eigenvalue weighted by Crippen LogP contribution is -2.48. The minimum Gasteiger partial charge on any atom is -0.456 e. The second kappa shape index (κ2) is 7.51. The lowest BCUT2D eigenvalue weighted by molar-refractivity contribution is -0.00338. The van der Waals surface area contributed by atoms with Crippen LogP contribution in [0.1, 0.15) is 9.67 Å². The van der Waals surface area contributed by atoms with E-state index in [9.17, 15) is 4.79 Å². The first-order valence-electron chi connectivity index (χ1n) is 9.05. The lowest BCUT2D eigenvalue weighted by Gasteiger charge is -2.26. The molecular formula is C21H16ClN3O3S. The molecule has 6 nitrogen and oxygen atoms in total. The zero-order valence-electron chi connectivity index (χ0n) is 15.2. The molecular weight excluding hydrogens is 410 g/mol. The van der Waals surface area contributed by atoms with Gasteiger partial charge in [-0.3, -0.25) is 4.79 Å². The summed E-state index contributed by atoms with van der Waals surface area (Å²) < 4.78 is 12.8. The van der Waals surface area contributed by atoms with Gasteiger partial charge in [0.1, 0.15) is 11.5 Å². The van der Waals surface area contributed by atoms with Crippen molar-refractivity contribution in [3.63, 3.8) is 0 Å². The number of amides is 1. The van der Waals surface area contributed by atoms with E-state index in [1.807, 2.05) is 52.5 Å². The van der Waals surface area contributed by atoms with E-state index >= 15 is 0 Å². The fraction of sp³-hybridized carbons (Fsp3) is 0.143. The Labute approximate surface area is 175 Å². The predicted octanol–water partition coefficient (Wildman–Crippen LogP) is 4.66. The van der Waals surface area contributed by atoms with Crippen molar-refractivity contribution in [1.82, 2.24) is 15.1 Å². The molecule has 0 aliphatic carbocycles. The number of para-hydroxylation sites is 1. The number of aromatic nitrogens is 2. The smallest absolute Gasteiger partial charge is 0.261 e. The molecule has 0 radical (unpaired) electrons. The van der Waals surface area contributed by atoms with E-state index in [4.69, 9.17) is 21.1 Å². The first-order chi connectivity index (χ1) is 14.2. The maximum atomic E-state index is 12.3. The van der Waals surface area contributed by atoms with Crippen molar-refractivity contribution in [2.45, 2.75) is 6.04 Å². The van der Waals surface area contributed by atoms with E-state index < -0.39 is 0 Å². The highest BCUT2D eigenvalue weighted by Gasteiger charge is 2.22. The maximum Gasteiger partial charge on any atom is 0.261 e. The topological polar surface area (TPSA) is 65.4 Å². The number of halogens is 1. The summed E-state index contributed by atoms with van der Waals surface area (Å²) in [5, 5.41) is 10.8. The molecule has 0 bridgehead atoms. The molecule has 0 unspecified atom stereocenters. The number of thiophene rings is 1. The first-order valence-corrected chi connectivity index (χ1v) is 10.3. The molecule has 29 heavy (non-hydrogen) atoms.